The quantitative estimate of drug-likeness (QED) is 0.746. The smallest absolute Gasteiger partial charge is 0.319 e. The summed E-state index contributed by atoms with van der Waals surface area (Å²) in [5, 5.41) is 5.67. The summed E-state index contributed by atoms with van der Waals surface area (Å²) >= 11 is 0. The number of urea groups is 1. The number of hydrogen-bond donors (Lipinski definition) is 2. The molecule has 0 spiro atoms. The largest absolute Gasteiger partial charge is 0.497 e. The highest BCUT2D eigenvalue weighted by atomic mass is 16.5. The Morgan fingerprint density at radius 1 is 1.08 bits per heavy atom. The van der Waals surface area contributed by atoms with Crippen molar-refractivity contribution in [2.75, 3.05) is 43.6 Å². The van der Waals surface area contributed by atoms with E-state index in [0.29, 0.717) is 18.9 Å². The molecule has 6 heteroatoms. The molecule has 1 aliphatic rings. The first-order chi connectivity index (χ1) is 12.7. The maximum atomic E-state index is 12.0. The summed E-state index contributed by atoms with van der Waals surface area (Å²) in [6.45, 7) is 2.96. The number of hydrogen-bond acceptors (Lipinski definition) is 4. The van der Waals surface area contributed by atoms with Crippen LogP contribution >= 0.6 is 0 Å². The van der Waals surface area contributed by atoms with Gasteiger partial charge in [-0.25, -0.2) is 4.79 Å². The molecule has 1 aliphatic heterocycles. The van der Waals surface area contributed by atoms with Gasteiger partial charge in [0, 0.05) is 30.5 Å². The van der Waals surface area contributed by atoms with Gasteiger partial charge in [-0.3, -0.25) is 0 Å². The van der Waals surface area contributed by atoms with E-state index in [9.17, 15) is 4.79 Å². The summed E-state index contributed by atoms with van der Waals surface area (Å²) < 4.78 is 10.8. The number of nitrogens with one attached hydrogen (secondary N) is 2. The zero-order valence-corrected chi connectivity index (χ0v) is 15.0. The number of benzene rings is 2. The van der Waals surface area contributed by atoms with Crippen molar-refractivity contribution in [1.29, 1.82) is 0 Å². The van der Waals surface area contributed by atoms with Crippen LogP contribution in [0.15, 0.2) is 48.5 Å². The molecule has 2 aromatic rings. The SMILES string of the molecule is COc1cccc(OCCNC(=O)Nc2cccc(N3CCCC3)c2)c1. The summed E-state index contributed by atoms with van der Waals surface area (Å²) in [7, 11) is 1.61. The highest BCUT2D eigenvalue weighted by Crippen LogP contribution is 2.23. The Kier molecular flexibility index (Phi) is 6.19. The first-order valence-electron chi connectivity index (χ1n) is 8.91. The molecule has 0 aromatic heterocycles. The number of anilines is 2. The lowest BCUT2D eigenvalue weighted by molar-refractivity contribution is 0.247. The second kappa shape index (κ2) is 8.99. The normalized spacial score (nSPS) is 13.3. The van der Waals surface area contributed by atoms with E-state index in [2.05, 4.69) is 21.6 Å². The molecule has 26 heavy (non-hydrogen) atoms. The van der Waals surface area contributed by atoms with E-state index in [1.54, 1.807) is 7.11 Å². The van der Waals surface area contributed by atoms with Crippen molar-refractivity contribution in [3.8, 4) is 11.5 Å². The van der Waals surface area contributed by atoms with Crippen LogP contribution in [0.3, 0.4) is 0 Å². The number of methoxy groups -OCH3 is 1. The van der Waals surface area contributed by atoms with Gasteiger partial charge in [0.05, 0.1) is 13.7 Å². The standard InChI is InChI=1S/C20H25N3O3/c1-25-18-8-5-9-19(15-18)26-13-10-21-20(24)22-16-6-4-7-17(14-16)23-11-2-3-12-23/h4-9,14-15H,2-3,10-13H2,1H3,(H2,21,22,24). The van der Waals surface area contributed by atoms with E-state index < -0.39 is 0 Å². The van der Waals surface area contributed by atoms with Crippen LogP contribution in [0.4, 0.5) is 16.2 Å². The number of carbonyl (C=O) groups excluding carboxylic acids is 1. The Morgan fingerprint density at radius 2 is 1.85 bits per heavy atom. The van der Waals surface area contributed by atoms with Crippen LogP contribution < -0.4 is 25.0 Å². The number of rotatable bonds is 7. The first-order valence-corrected chi connectivity index (χ1v) is 8.91. The highest BCUT2D eigenvalue weighted by Gasteiger charge is 2.12. The van der Waals surface area contributed by atoms with Crippen molar-refractivity contribution in [1.82, 2.24) is 5.32 Å². The van der Waals surface area contributed by atoms with Crippen LogP contribution in [0.25, 0.3) is 0 Å². The van der Waals surface area contributed by atoms with Crippen molar-refractivity contribution in [2.45, 2.75) is 12.8 Å². The minimum atomic E-state index is -0.238. The second-order valence-electron chi connectivity index (χ2n) is 6.15. The Bertz CT molecular complexity index is 730. The minimum Gasteiger partial charge on any atom is -0.497 e. The fourth-order valence-corrected chi connectivity index (χ4v) is 2.96. The lowest BCUT2D eigenvalue weighted by Gasteiger charge is -2.18. The van der Waals surface area contributed by atoms with Gasteiger partial charge in [-0.05, 0) is 43.2 Å². The fourth-order valence-electron chi connectivity index (χ4n) is 2.96. The number of amides is 2. The molecule has 0 atom stereocenters. The number of nitrogens with zero attached hydrogens (tertiary/aromatic N) is 1. The Balaban J connectivity index is 1.42. The lowest BCUT2D eigenvalue weighted by Crippen LogP contribution is -2.32. The Labute approximate surface area is 154 Å². The molecule has 0 saturated carbocycles. The molecule has 6 nitrogen and oxygen atoms in total. The van der Waals surface area contributed by atoms with E-state index in [1.165, 1.54) is 12.8 Å². The van der Waals surface area contributed by atoms with Crippen molar-refractivity contribution >= 4 is 17.4 Å². The van der Waals surface area contributed by atoms with E-state index >= 15 is 0 Å². The highest BCUT2D eigenvalue weighted by molar-refractivity contribution is 5.89. The monoisotopic (exact) mass is 355 g/mol. The molecule has 3 rings (SSSR count). The number of ether oxygens (including phenoxy) is 2. The molecule has 2 aromatic carbocycles. The zero-order chi connectivity index (χ0) is 18.2. The first kappa shape index (κ1) is 17.9. The van der Waals surface area contributed by atoms with Crippen LogP contribution in [-0.4, -0.2) is 39.4 Å². The summed E-state index contributed by atoms with van der Waals surface area (Å²) in [5.41, 5.74) is 1.95. The van der Waals surface area contributed by atoms with Gasteiger partial charge >= 0.3 is 6.03 Å². The van der Waals surface area contributed by atoms with Gasteiger partial charge in [0.15, 0.2) is 0 Å². The van der Waals surface area contributed by atoms with Gasteiger partial charge in [0.1, 0.15) is 18.1 Å². The molecular weight excluding hydrogens is 330 g/mol. The van der Waals surface area contributed by atoms with Gasteiger partial charge in [-0.1, -0.05) is 12.1 Å². The molecular formula is C20H25N3O3. The summed E-state index contributed by atoms with van der Waals surface area (Å²) in [6.07, 6.45) is 2.46. The Morgan fingerprint density at radius 3 is 2.65 bits per heavy atom. The van der Waals surface area contributed by atoms with Crippen molar-refractivity contribution in [3.63, 3.8) is 0 Å². The van der Waals surface area contributed by atoms with Gasteiger partial charge < -0.3 is 25.0 Å². The third-order valence-electron chi connectivity index (χ3n) is 4.27. The minimum absolute atomic E-state index is 0.238. The van der Waals surface area contributed by atoms with E-state index in [4.69, 9.17) is 9.47 Å². The second-order valence-corrected chi connectivity index (χ2v) is 6.15. The van der Waals surface area contributed by atoms with Gasteiger partial charge in [0.2, 0.25) is 0 Å². The maximum Gasteiger partial charge on any atom is 0.319 e. The predicted molar refractivity (Wildman–Crippen MR) is 103 cm³/mol. The van der Waals surface area contributed by atoms with Crippen LogP contribution in [0.1, 0.15) is 12.8 Å². The zero-order valence-electron chi connectivity index (χ0n) is 15.0. The van der Waals surface area contributed by atoms with Crippen LogP contribution in [0, 0.1) is 0 Å². The molecule has 2 N–H and O–H groups in total. The average molecular weight is 355 g/mol. The molecule has 2 amide bonds. The topological polar surface area (TPSA) is 62.8 Å². The molecule has 1 fully saturated rings. The van der Waals surface area contributed by atoms with Gasteiger partial charge in [-0.2, -0.15) is 0 Å². The fraction of sp³-hybridized carbons (Fsp3) is 0.350. The average Bonchev–Trinajstić information content (AvgIpc) is 3.20. The molecule has 0 unspecified atom stereocenters. The van der Waals surface area contributed by atoms with E-state index in [-0.39, 0.29) is 6.03 Å². The molecule has 0 radical (unpaired) electrons. The van der Waals surface area contributed by atoms with Gasteiger partial charge in [0.25, 0.3) is 0 Å². The van der Waals surface area contributed by atoms with Crippen molar-refractivity contribution < 1.29 is 14.3 Å². The van der Waals surface area contributed by atoms with Crippen LogP contribution in [0.2, 0.25) is 0 Å². The van der Waals surface area contributed by atoms with Gasteiger partial charge in [-0.15, -0.1) is 0 Å². The molecule has 1 saturated heterocycles. The lowest BCUT2D eigenvalue weighted by atomic mass is 10.2. The Hall–Kier alpha value is -2.89. The van der Waals surface area contributed by atoms with Crippen molar-refractivity contribution in [3.05, 3.63) is 48.5 Å². The predicted octanol–water partition coefficient (Wildman–Crippen LogP) is 3.50. The molecule has 138 valence electrons. The third kappa shape index (κ3) is 5.05. The summed E-state index contributed by atoms with van der Waals surface area (Å²) in [5.74, 6) is 1.45. The van der Waals surface area contributed by atoms with Crippen LogP contribution in [-0.2, 0) is 0 Å². The summed E-state index contributed by atoms with van der Waals surface area (Å²) in [6, 6.07) is 15.1. The van der Waals surface area contributed by atoms with E-state index in [1.807, 2.05) is 42.5 Å². The summed E-state index contributed by atoms with van der Waals surface area (Å²) in [4.78, 5) is 14.4. The van der Waals surface area contributed by atoms with Crippen LogP contribution in [0.5, 0.6) is 11.5 Å². The van der Waals surface area contributed by atoms with E-state index in [0.717, 1.165) is 30.2 Å². The molecule has 1 heterocycles. The van der Waals surface area contributed by atoms with Crippen molar-refractivity contribution in [2.24, 2.45) is 0 Å². The number of carbonyl (C=O) groups is 1. The maximum absolute atomic E-state index is 12.0. The molecule has 0 aliphatic carbocycles. The third-order valence-corrected chi connectivity index (χ3v) is 4.27. The molecule has 0 bridgehead atoms.